The van der Waals surface area contributed by atoms with Crippen LogP contribution < -0.4 is 19.7 Å². The Morgan fingerprint density at radius 3 is 2.37 bits per heavy atom. The number of carbonyl (C=O) groups is 1. The number of nitrogens with zero attached hydrogens (tertiary/aromatic N) is 1. The number of benzene rings is 3. The van der Waals surface area contributed by atoms with E-state index in [2.05, 4.69) is 15.4 Å². The van der Waals surface area contributed by atoms with Crippen LogP contribution in [0.1, 0.15) is 34.8 Å². The van der Waals surface area contributed by atoms with E-state index in [0.717, 1.165) is 9.87 Å². The van der Waals surface area contributed by atoms with Crippen molar-refractivity contribution in [1.82, 2.24) is 10.6 Å². The molecule has 0 aromatic heterocycles. The highest BCUT2D eigenvalue weighted by Gasteiger charge is 2.31. The van der Waals surface area contributed by atoms with E-state index in [9.17, 15) is 31.5 Å². The summed E-state index contributed by atoms with van der Waals surface area (Å²) in [5.41, 5.74) is 1.94. The van der Waals surface area contributed by atoms with Gasteiger partial charge >= 0.3 is 6.36 Å². The Morgan fingerprint density at radius 1 is 1.00 bits per heavy atom. The number of hydrogen-bond donors (Lipinski definition) is 3. The van der Waals surface area contributed by atoms with Crippen LogP contribution in [0.25, 0.3) is 0 Å². The van der Waals surface area contributed by atoms with Gasteiger partial charge in [-0.1, -0.05) is 55.5 Å². The number of ether oxygens (including phenoxy) is 1. The minimum Gasteiger partial charge on any atom is -0.406 e. The predicted molar refractivity (Wildman–Crippen MR) is 151 cm³/mol. The van der Waals surface area contributed by atoms with Crippen LogP contribution in [0.2, 0.25) is 0 Å². The number of aliphatic hydroxyl groups excluding tert-OH is 1. The Hall–Kier alpha value is -3.61. The summed E-state index contributed by atoms with van der Waals surface area (Å²) in [6, 6.07) is 20.2. The van der Waals surface area contributed by atoms with Gasteiger partial charge in [0.2, 0.25) is 10.0 Å². The maximum absolute atomic E-state index is 13.2. The molecule has 222 valence electrons. The number of sulfonamides is 1. The maximum Gasteiger partial charge on any atom is 0.573 e. The molecule has 1 amide bonds. The van der Waals surface area contributed by atoms with Crippen LogP contribution in [-0.4, -0.2) is 57.3 Å². The number of rotatable bonds is 14. The Bertz CT molecular complexity index is 1390. The summed E-state index contributed by atoms with van der Waals surface area (Å²) in [4.78, 5) is 13.2. The molecule has 3 aromatic carbocycles. The molecule has 0 radical (unpaired) electrons. The zero-order valence-electron chi connectivity index (χ0n) is 22.8. The number of aliphatic hydroxyl groups is 1. The average molecular weight is 594 g/mol. The maximum atomic E-state index is 13.2. The van der Waals surface area contributed by atoms with Crippen molar-refractivity contribution in [3.8, 4) is 5.75 Å². The van der Waals surface area contributed by atoms with Crippen LogP contribution in [-0.2, 0) is 23.0 Å². The molecule has 3 N–H and O–H groups in total. The van der Waals surface area contributed by atoms with Crippen molar-refractivity contribution in [3.63, 3.8) is 0 Å². The van der Waals surface area contributed by atoms with E-state index in [1.807, 2.05) is 30.3 Å². The van der Waals surface area contributed by atoms with E-state index in [4.69, 9.17) is 0 Å². The molecule has 8 nitrogen and oxygen atoms in total. The first-order chi connectivity index (χ1) is 19.4. The van der Waals surface area contributed by atoms with Gasteiger partial charge in [0.15, 0.2) is 0 Å². The second-order valence-corrected chi connectivity index (χ2v) is 11.6. The van der Waals surface area contributed by atoms with Crippen molar-refractivity contribution in [2.24, 2.45) is 0 Å². The molecule has 0 spiro atoms. The molecule has 0 bridgehead atoms. The van der Waals surface area contributed by atoms with Crippen molar-refractivity contribution in [3.05, 3.63) is 95.6 Å². The van der Waals surface area contributed by atoms with E-state index in [-0.39, 0.29) is 30.2 Å². The molecule has 3 aromatic rings. The third-order valence-electron chi connectivity index (χ3n) is 6.25. The Morgan fingerprint density at radius 2 is 1.68 bits per heavy atom. The fraction of sp³-hybridized carbons (Fsp3) is 0.345. The quantitative estimate of drug-likeness (QED) is 0.258. The molecule has 3 rings (SSSR count). The number of alkyl halides is 3. The van der Waals surface area contributed by atoms with Gasteiger partial charge in [-0.2, -0.15) is 0 Å². The number of hydrogen-bond acceptors (Lipinski definition) is 6. The largest absolute Gasteiger partial charge is 0.573 e. The smallest absolute Gasteiger partial charge is 0.406 e. The van der Waals surface area contributed by atoms with Crippen LogP contribution >= 0.6 is 0 Å². The van der Waals surface area contributed by atoms with Gasteiger partial charge in [0.25, 0.3) is 5.91 Å². The third kappa shape index (κ3) is 10.1. The van der Waals surface area contributed by atoms with Crippen molar-refractivity contribution >= 4 is 21.6 Å². The lowest BCUT2D eigenvalue weighted by Crippen LogP contribution is -2.48. The molecule has 12 heteroatoms. The van der Waals surface area contributed by atoms with Gasteiger partial charge in [0.1, 0.15) is 5.75 Å². The fourth-order valence-corrected chi connectivity index (χ4v) is 5.39. The van der Waals surface area contributed by atoms with Crippen LogP contribution in [0, 0.1) is 0 Å². The molecule has 0 aliphatic rings. The third-order valence-corrected chi connectivity index (χ3v) is 8.21. The minimum atomic E-state index is -4.80. The highest BCUT2D eigenvalue weighted by molar-refractivity contribution is 7.92. The van der Waals surface area contributed by atoms with E-state index in [1.165, 1.54) is 31.3 Å². The van der Waals surface area contributed by atoms with Crippen molar-refractivity contribution in [1.29, 1.82) is 0 Å². The van der Waals surface area contributed by atoms with Crippen LogP contribution in [0.3, 0.4) is 0 Å². The van der Waals surface area contributed by atoms with Crippen LogP contribution in [0.5, 0.6) is 5.75 Å². The summed E-state index contributed by atoms with van der Waals surface area (Å²) in [6.07, 6.45) is -5.12. The molecule has 0 aliphatic heterocycles. The highest BCUT2D eigenvalue weighted by Crippen LogP contribution is 2.23. The standard InChI is InChI=1S/C29H34F3N3O5S/c1-3-15-41(38,39)35(2)24-13-8-12-23(18-24)28(37)34-26(17-21-9-5-4-6-10-21)27(36)20-33-19-22-11-7-14-25(16-22)40-29(30,31)32/h4-14,16,18,26-27,33,36H,3,15,17,19-20H2,1-2H3,(H,34,37)/t26-,27+/m0/s1. The van der Waals surface area contributed by atoms with Gasteiger partial charge in [0.05, 0.1) is 23.6 Å². The van der Waals surface area contributed by atoms with E-state index < -0.39 is 34.4 Å². The first-order valence-electron chi connectivity index (χ1n) is 13.0. The minimum absolute atomic E-state index is 0.0280. The molecular formula is C29H34F3N3O5S. The molecule has 0 aliphatic carbocycles. The first-order valence-corrected chi connectivity index (χ1v) is 14.6. The van der Waals surface area contributed by atoms with Gasteiger partial charge in [-0.3, -0.25) is 9.10 Å². The van der Waals surface area contributed by atoms with Crippen molar-refractivity contribution in [2.45, 2.75) is 44.8 Å². The lowest BCUT2D eigenvalue weighted by atomic mass is 10.00. The molecule has 0 unspecified atom stereocenters. The summed E-state index contributed by atoms with van der Waals surface area (Å²) in [5, 5.41) is 16.9. The molecule has 2 atom stereocenters. The van der Waals surface area contributed by atoms with E-state index in [0.29, 0.717) is 24.1 Å². The van der Waals surface area contributed by atoms with Crippen LogP contribution in [0.15, 0.2) is 78.9 Å². The average Bonchev–Trinajstić information content (AvgIpc) is 2.92. The summed E-state index contributed by atoms with van der Waals surface area (Å²) in [6.45, 7) is 1.95. The Labute approximate surface area is 238 Å². The first kappa shape index (κ1) is 31.9. The zero-order chi connectivity index (χ0) is 30.0. The number of carbonyl (C=O) groups excluding carboxylic acids is 1. The van der Waals surface area contributed by atoms with Crippen molar-refractivity contribution < 1.29 is 36.2 Å². The summed E-state index contributed by atoms with van der Waals surface area (Å²) < 4.78 is 67.7. The highest BCUT2D eigenvalue weighted by atomic mass is 32.2. The summed E-state index contributed by atoms with van der Waals surface area (Å²) in [7, 11) is -2.11. The fourth-order valence-electron chi connectivity index (χ4n) is 4.16. The lowest BCUT2D eigenvalue weighted by Gasteiger charge is -2.25. The summed E-state index contributed by atoms with van der Waals surface area (Å²) in [5.74, 6) is -0.871. The molecule has 41 heavy (non-hydrogen) atoms. The van der Waals surface area contributed by atoms with Gasteiger partial charge < -0.3 is 20.5 Å². The normalized spacial score (nSPS) is 13.3. The Kier molecular flexibility index (Phi) is 11.2. The molecule has 0 saturated carbocycles. The van der Waals surface area contributed by atoms with Gasteiger partial charge in [0, 0.05) is 25.7 Å². The van der Waals surface area contributed by atoms with Crippen LogP contribution in [0.4, 0.5) is 18.9 Å². The van der Waals surface area contributed by atoms with E-state index in [1.54, 1.807) is 31.2 Å². The molecule has 0 heterocycles. The molecule has 0 fully saturated rings. The lowest BCUT2D eigenvalue weighted by molar-refractivity contribution is -0.274. The predicted octanol–water partition coefficient (Wildman–Crippen LogP) is 4.25. The molecular weight excluding hydrogens is 559 g/mol. The van der Waals surface area contributed by atoms with Gasteiger partial charge in [-0.05, 0) is 54.3 Å². The second kappa shape index (κ2) is 14.3. The zero-order valence-corrected chi connectivity index (χ0v) is 23.6. The Balaban J connectivity index is 1.71. The van der Waals surface area contributed by atoms with Gasteiger partial charge in [-0.25, -0.2) is 8.42 Å². The second-order valence-electron chi connectivity index (χ2n) is 9.50. The number of amides is 1. The number of nitrogens with one attached hydrogen (secondary N) is 2. The monoisotopic (exact) mass is 593 g/mol. The van der Waals surface area contributed by atoms with Crippen molar-refractivity contribution in [2.75, 3.05) is 23.7 Å². The molecule has 0 saturated heterocycles. The topological polar surface area (TPSA) is 108 Å². The SMILES string of the molecule is CCCS(=O)(=O)N(C)c1cccc(C(=O)N[C@@H](Cc2ccccc2)[C@H](O)CNCc2cccc(OC(F)(F)F)c2)c1. The summed E-state index contributed by atoms with van der Waals surface area (Å²) >= 11 is 0. The van der Waals surface area contributed by atoms with Gasteiger partial charge in [-0.15, -0.1) is 13.2 Å². The number of halogens is 3. The van der Waals surface area contributed by atoms with E-state index >= 15 is 0 Å². The number of anilines is 1.